The smallest absolute Gasteiger partial charge is 0.270 e. The van der Waals surface area contributed by atoms with Crippen LogP contribution in [0.4, 0.5) is 11.4 Å². The van der Waals surface area contributed by atoms with E-state index in [1.807, 2.05) is 13.8 Å². The third-order valence-corrected chi connectivity index (χ3v) is 5.64. The van der Waals surface area contributed by atoms with Crippen LogP contribution < -0.4 is 15.6 Å². The standard InChI is InChI=1S/C23H26ClN5O4/c1-15(2)21(26-22(30)16-5-7-18(24)8-6-16)23(31)27-25-14-17-13-19(29(32)33)9-10-20(17)28-11-3-4-12-28/h5-10,13-15,21H,3-4,11-12H2,1-2H3,(H,26,30)(H,27,31). The highest BCUT2D eigenvalue weighted by Gasteiger charge is 2.25. The minimum absolute atomic E-state index is 0.0546. The van der Waals surface area contributed by atoms with Crippen LogP contribution in [-0.2, 0) is 4.79 Å². The Labute approximate surface area is 197 Å². The van der Waals surface area contributed by atoms with E-state index in [2.05, 4.69) is 20.7 Å². The van der Waals surface area contributed by atoms with E-state index in [-0.39, 0.29) is 11.6 Å². The second kappa shape index (κ2) is 10.9. The number of benzene rings is 2. The van der Waals surface area contributed by atoms with Crippen molar-refractivity contribution in [1.82, 2.24) is 10.7 Å². The van der Waals surface area contributed by atoms with Crippen LogP contribution in [0, 0.1) is 16.0 Å². The summed E-state index contributed by atoms with van der Waals surface area (Å²) in [5, 5.41) is 18.5. The zero-order chi connectivity index (χ0) is 24.0. The van der Waals surface area contributed by atoms with Gasteiger partial charge < -0.3 is 10.2 Å². The number of carbonyl (C=O) groups excluding carboxylic acids is 2. The van der Waals surface area contributed by atoms with Gasteiger partial charge in [-0.2, -0.15) is 5.10 Å². The van der Waals surface area contributed by atoms with Crippen LogP contribution in [-0.4, -0.2) is 42.1 Å². The Morgan fingerprint density at radius 3 is 2.42 bits per heavy atom. The van der Waals surface area contributed by atoms with E-state index in [1.165, 1.54) is 18.3 Å². The molecule has 1 aliphatic rings. The molecule has 0 saturated carbocycles. The summed E-state index contributed by atoms with van der Waals surface area (Å²) in [4.78, 5) is 38.1. The topological polar surface area (TPSA) is 117 Å². The van der Waals surface area contributed by atoms with Gasteiger partial charge in [0.15, 0.2) is 0 Å². The molecule has 2 N–H and O–H groups in total. The molecule has 9 nitrogen and oxygen atoms in total. The lowest BCUT2D eigenvalue weighted by molar-refractivity contribution is -0.384. The number of anilines is 1. The Hall–Kier alpha value is -3.46. The molecule has 2 aromatic carbocycles. The summed E-state index contributed by atoms with van der Waals surface area (Å²) >= 11 is 5.86. The summed E-state index contributed by atoms with van der Waals surface area (Å²) in [6, 6.07) is 10.1. The first-order chi connectivity index (χ1) is 15.8. The molecule has 2 amide bonds. The predicted octanol–water partition coefficient (Wildman–Crippen LogP) is 3.75. The number of nitrogens with one attached hydrogen (secondary N) is 2. The van der Waals surface area contributed by atoms with Crippen molar-refractivity contribution in [2.45, 2.75) is 32.7 Å². The van der Waals surface area contributed by atoms with Gasteiger partial charge in [0.1, 0.15) is 6.04 Å². The summed E-state index contributed by atoms with van der Waals surface area (Å²) in [5.74, 6) is -1.09. The fourth-order valence-corrected chi connectivity index (χ4v) is 3.73. The molecule has 0 bridgehead atoms. The lowest BCUT2D eigenvalue weighted by atomic mass is 10.0. The van der Waals surface area contributed by atoms with Gasteiger partial charge in [0.2, 0.25) is 0 Å². The average molecular weight is 472 g/mol. The van der Waals surface area contributed by atoms with Crippen LogP contribution in [0.3, 0.4) is 0 Å². The van der Waals surface area contributed by atoms with Gasteiger partial charge in [0.25, 0.3) is 17.5 Å². The molecule has 0 aromatic heterocycles. The molecule has 2 aromatic rings. The zero-order valence-electron chi connectivity index (χ0n) is 18.5. The number of nitrogens with zero attached hydrogens (tertiary/aromatic N) is 3. The molecule has 0 radical (unpaired) electrons. The number of nitro benzene ring substituents is 1. The maximum Gasteiger partial charge on any atom is 0.270 e. The van der Waals surface area contributed by atoms with Gasteiger partial charge >= 0.3 is 0 Å². The highest BCUT2D eigenvalue weighted by molar-refractivity contribution is 6.30. The number of halogens is 1. The Kier molecular flexibility index (Phi) is 8.00. The van der Waals surface area contributed by atoms with Crippen molar-refractivity contribution in [1.29, 1.82) is 0 Å². The Balaban J connectivity index is 1.72. The minimum atomic E-state index is -0.825. The maximum absolute atomic E-state index is 12.7. The van der Waals surface area contributed by atoms with E-state index in [4.69, 9.17) is 11.6 Å². The zero-order valence-corrected chi connectivity index (χ0v) is 19.2. The highest BCUT2D eigenvalue weighted by Crippen LogP contribution is 2.27. The van der Waals surface area contributed by atoms with Gasteiger partial charge in [-0.25, -0.2) is 5.43 Å². The number of hydrogen-bond donors (Lipinski definition) is 2. The van der Waals surface area contributed by atoms with Crippen LogP contribution in [0.15, 0.2) is 47.6 Å². The monoisotopic (exact) mass is 471 g/mol. The van der Waals surface area contributed by atoms with Gasteiger partial charge in [-0.15, -0.1) is 0 Å². The van der Waals surface area contributed by atoms with Crippen molar-refractivity contribution in [2.75, 3.05) is 18.0 Å². The molecule has 10 heteroatoms. The van der Waals surface area contributed by atoms with Crippen molar-refractivity contribution >= 4 is 41.0 Å². The molecule has 33 heavy (non-hydrogen) atoms. The summed E-state index contributed by atoms with van der Waals surface area (Å²) in [6.45, 7) is 5.33. The van der Waals surface area contributed by atoms with E-state index >= 15 is 0 Å². The second-order valence-electron chi connectivity index (χ2n) is 8.13. The molecule has 1 fully saturated rings. The summed E-state index contributed by atoms with van der Waals surface area (Å²) in [5.41, 5.74) is 4.15. The number of nitro groups is 1. The predicted molar refractivity (Wildman–Crippen MR) is 128 cm³/mol. The highest BCUT2D eigenvalue weighted by atomic mass is 35.5. The van der Waals surface area contributed by atoms with Gasteiger partial charge in [-0.1, -0.05) is 25.4 Å². The number of rotatable bonds is 8. The lowest BCUT2D eigenvalue weighted by Gasteiger charge is -2.21. The van der Waals surface area contributed by atoms with E-state index in [0.29, 0.717) is 16.1 Å². The number of hydrogen-bond acceptors (Lipinski definition) is 6. The summed E-state index contributed by atoms with van der Waals surface area (Å²) in [6.07, 6.45) is 3.50. The molecule has 174 valence electrons. The summed E-state index contributed by atoms with van der Waals surface area (Å²) < 4.78 is 0. The van der Waals surface area contributed by atoms with E-state index in [1.54, 1.807) is 30.3 Å². The van der Waals surface area contributed by atoms with Gasteiger partial charge in [-0.05, 0) is 49.1 Å². The van der Waals surface area contributed by atoms with Crippen molar-refractivity contribution in [3.8, 4) is 0 Å². The number of carbonyl (C=O) groups is 2. The minimum Gasteiger partial charge on any atom is -0.371 e. The molecule has 1 unspecified atom stereocenters. The molecule has 1 saturated heterocycles. The normalized spacial score (nSPS) is 14.5. The average Bonchev–Trinajstić information content (AvgIpc) is 3.32. The van der Waals surface area contributed by atoms with Crippen molar-refractivity contribution < 1.29 is 14.5 Å². The molecule has 0 spiro atoms. The molecular weight excluding hydrogens is 446 g/mol. The van der Waals surface area contributed by atoms with Crippen LogP contribution in [0.2, 0.25) is 5.02 Å². The van der Waals surface area contributed by atoms with Crippen molar-refractivity contribution in [3.05, 3.63) is 68.7 Å². The summed E-state index contributed by atoms with van der Waals surface area (Å²) in [7, 11) is 0. The van der Waals surface area contributed by atoms with Crippen molar-refractivity contribution in [2.24, 2.45) is 11.0 Å². The van der Waals surface area contributed by atoms with E-state index in [0.717, 1.165) is 31.6 Å². The molecule has 1 heterocycles. The molecule has 3 rings (SSSR count). The SMILES string of the molecule is CC(C)C(NC(=O)c1ccc(Cl)cc1)C(=O)NN=Cc1cc([N+](=O)[O-])ccc1N1CCCC1. The first-order valence-corrected chi connectivity index (χ1v) is 11.1. The Bertz CT molecular complexity index is 1050. The molecular formula is C23H26ClN5O4. The Morgan fingerprint density at radius 2 is 1.82 bits per heavy atom. The third kappa shape index (κ3) is 6.29. The van der Waals surface area contributed by atoms with Gasteiger partial charge in [-0.3, -0.25) is 19.7 Å². The van der Waals surface area contributed by atoms with Gasteiger partial charge in [0.05, 0.1) is 11.1 Å². The van der Waals surface area contributed by atoms with Crippen LogP contribution >= 0.6 is 11.6 Å². The largest absolute Gasteiger partial charge is 0.371 e. The number of amides is 2. The fraction of sp³-hybridized carbons (Fsp3) is 0.348. The first-order valence-electron chi connectivity index (χ1n) is 10.7. The fourth-order valence-electron chi connectivity index (χ4n) is 3.60. The van der Waals surface area contributed by atoms with Crippen LogP contribution in [0.5, 0.6) is 0 Å². The van der Waals surface area contributed by atoms with Gasteiger partial charge in [0, 0.05) is 47.1 Å². The van der Waals surface area contributed by atoms with E-state index < -0.39 is 22.8 Å². The second-order valence-corrected chi connectivity index (χ2v) is 8.57. The molecule has 1 aliphatic heterocycles. The van der Waals surface area contributed by atoms with E-state index in [9.17, 15) is 19.7 Å². The lowest BCUT2D eigenvalue weighted by Crippen LogP contribution is -2.48. The quantitative estimate of drug-likeness (QED) is 0.345. The number of non-ortho nitro benzene ring substituents is 1. The third-order valence-electron chi connectivity index (χ3n) is 5.39. The molecule has 1 atom stereocenters. The Morgan fingerprint density at radius 1 is 1.15 bits per heavy atom. The van der Waals surface area contributed by atoms with Crippen LogP contribution in [0.25, 0.3) is 0 Å². The first kappa shape index (κ1) is 24.2. The number of hydrazone groups is 1. The maximum atomic E-state index is 12.7. The van der Waals surface area contributed by atoms with Crippen LogP contribution in [0.1, 0.15) is 42.6 Å². The molecule has 0 aliphatic carbocycles. The van der Waals surface area contributed by atoms with Crippen molar-refractivity contribution in [3.63, 3.8) is 0 Å².